The van der Waals surface area contributed by atoms with Crippen molar-refractivity contribution < 1.29 is 18.7 Å². The highest BCUT2D eigenvalue weighted by Gasteiger charge is 2.32. The van der Waals surface area contributed by atoms with Crippen LogP contribution in [0, 0.1) is 13.8 Å². The zero-order chi connectivity index (χ0) is 18.0. The molecule has 1 aromatic heterocycles. The third kappa shape index (κ3) is 3.54. The average Bonchev–Trinajstić information content (AvgIpc) is 3.21. The van der Waals surface area contributed by atoms with Gasteiger partial charge in [-0.15, -0.1) is 0 Å². The Bertz CT molecular complexity index is 769. The maximum absolute atomic E-state index is 11.9. The molecular formula is C19H24N2O4. The quantitative estimate of drug-likeness (QED) is 0.777. The molecule has 0 amide bonds. The predicted molar refractivity (Wildman–Crippen MR) is 93.4 cm³/mol. The molecule has 6 heteroatoms. The zero-order valence-electron chi connectivity index (χ0n) is 15.2. The first-order valence-electron chi connectivity index (χ1n) is 8.46. The Kier molecular flexibility index (Phi) is 5.08. The normalized spacial score (nSPS) is 17.7. The topological polar surface area (TPSA) is 64.8 Å². The van der Waals surface area contributed by atoms with Gasteiger partial charge in [0.15, 0.2) is 0 Å². The Labute approximate surface area is 147 Å². The number of methoxy groups -OCH3 is 2. The summed E-state index contributed by atoms with van der Waals surface area (Å²) in [5, 5.41) is 0. The number of aromatic nitrogens is 1. The van der Waals surface area contributed by atoms with Crippen LogP contribution < -0.4 is 4.74 Å². The molecular weight excluding hydrogens is 320 g/mol. The van der Waals surface area contributed by atoms with Gasteiger partial charge in [-0.1, -0.05) is 0 Å². The van der Waals surface area contributed by atoms with Crippen molar-refractivity contribution in [2.75, 3.05) is 20.8 Å². The second-order valence-corrected chi connectivity index (χ2v) is 6.36. The SMILES string of the molecule is COC(=O)[C@@H]1CCCN1Cc1nc(-c2ccc(OC)c(C)c2)oc1C. The van der Waals surface area contributed by atoms with Gasteiger partial charge in [-0.3, -0.25) is 9.69 Å². The van der Waals surface area contributed by atoms with E-state index in [-0.39, 0.29) is 12.0 Å². The van der Waals surface area contributed by atoms with Gasteiger partial charge in [-0.2, -0.15) is 0 Å². The average molecular weight is 344 g/mol. The number of rotatable bonds is 5. The summed E-state index contributed by atoms with van der Waals surface area (Å²) in [5.41, 5.74) is 2.81. The Balaban J connectivity index is 1.81. The number of benzene rings is 1. The molecule has 1 aliphatic rings. The fraction of sp³-hybridized carbons (Fsp3) is 0.474. The van der Waals surface area contributed by atoms with Crippen LogP contribution in [0.1, 0.15) is 29.9 Å². The highest BCUT2D eigenvalue weighted by molar-refractivity contribution is 5.76. The van der Waals surface area contributed by atoms with E-state index >= 15 is 0 Å². The number of nitrogens with zero attached hydrogens (tertiary/aromatic N) is 2. The first-order chi connectivity index (χ1) is 12.0. The lowest BCUT2D eigenvalue weighted by Crippen LogP contribution is -2.36. The lowest BCUT2D eigenvalue weighted by atomic mass is 10.1. The van der Waals surface area contributed by atoms with Gasteiger partial charge in [0, 0.05) is 12.1 Å². The summed E-state index contributed by atoms with van der Waals surface area (Å²) < 4.78 is 16.1. The summed E-state index contributed by atoms with van der Waals surface area (Å²) in [6, 6.07) is 5.67. The van der Waals surface area contributed by atoms with E-state index in [0.717, 1.165) is 47.7 Å². The number of likely N-dealkylation sites (tertiary alicyclic amines) is 1. The summed E-state index contributed by atoms with van der Waals surface area (Å²) in [5.74, 6) is 2.03. The molecule has 0 radical (unpaired) electrons. The van der Waals surface area contributed by atoms with Gasteiger partial charge < -0.3 is 13.9 Å². The minimum atomic E-state index is -0.187. The maximum Gasteiger partial charge on any atom is 0.323 e. The maximum atomic E-state index is 11.9. The Morgan fingerprint density at radius 3 is 2.84 bits per heavy atom. The molecule has 134 valence electrons. The minimum Gasteiger partial charge on any atom is -0.496 e. The number of ether oxygens (including phenoxy) is 2. The van der Waals surface area contributed by atoms with Crippen molar-refractivity contribution in [3.8, 4) is 17.2 Å². The van der Waals surface area contributed by atoms with Crippen LogP contribution in [-0.4, -0.2) is 42.7 Å². The molecule has 0 bridgehead atoms. The van der Waals surface area contributed by atoms with Gasteiger partial charge in [0.1, 0.15) is 17.6 Å². The number of carbonyl (C=O) groups is 1. The van der Waals surface area contributed by atoms with Crippen LogP contribution in [0.15, 0.2) is 22.6 Å². The smallest absolute Gasteiger partial charge is 0.323 e. The van der Waals surface area contributed by atoms with Gasteiger partial charge in [-0.05, 0) is 57.0 Å². The number of oxazole rings is 1. The first kappa shape index (κ1) is 17.5. The van der Waals surface area contributed by atoms with E-state index < -0.39 is 0 Å². The molecule has 0 unspecified atom stereocenters. The lowest BCUT2D eigenvalue weighted by Gasteiger charge is -2.21. The summed E-state index contributed by atoms with van der Waals surface area (Å²) in [6.07, 6.45) is 1.81. The van der Waals surface area contributed by atoms with Crippen LogP contribution in [0.4, 0.5) is 0 Å². The Hall–Kier alpha value is -2.34. The number of hydrogen-bond donors (Lipinski definition) is 0. The van der Waals surface area contributed by atoms with E-state index in [1.54, 1.807) is 7.11 Å². The lowest BCUT2D eigenvalue weighted by molar-refractivity contribution is -0.146. The molecule has 0 aliphatic carbocycles. The molecule has 1 fully saturated rings. The van der Waals surface area contributed by atoms with Crippen LogP contribution in [0.2, 0.25) is 0 Å². The monoisotopic (exact) mass is 344 g/mol. The van der Waals surface area contributed by atoms with Crippen molar-refractivity contribution in [1.82, 2.24) is 9.88 Å². The van der Waals surface area contributed by atoms with Crippen molar-refractivity contribution in [2.24, 2.45) is 0 Å². The molecule has 25 heavy (non-hydrogen) atoms. The zero-order valence-corrected chi connectivity index (χ0v) is 15.2. The fourth-order valence-electron chi connectivity index (χ4n) is 3.32. The summed E-state index contributed by atoms with van der Waals surface area (Å²) >= 11 is 0. The van der Waals surface area contributed by atoms with Crippen LogP contribution in [0.3, 0.4) is 0 Å². The number of aryl methyl sites for hydroxylation is 2. The molecule has 0 saturated carbocycles. The van der Waals surface area contributed by atoms with Crippen molar-refractivity contribution in [1.29, 1.82) is 0 Å². The molecule has 1 saturated heterocycles. The molecule has 3 rings (SSSR count). The van der Waals surface area contributed by atoms with Crippen LogP contribution in [0.25, 0.3) is 11.5 Å². The minimum absolute atomic E-state index is 0.176. The van der Waals surface area contributed by atoms with Crippen molar-refractivity contribution >= 4 is 5.97 Å². The molecule has 0 N–H and O–H groups in total. The molecule has 6 nitrogen and oxygen atoms in total. The van der Waals surface area contributed by atoms with E-state index in [4.69, 9.17) is 13.9 Å². The van der Waals surface area contributed by atoms with E-state index in [9.17, 15) is 4.79 Å². The highest BCUT2D eigenvalue weighted by Crippen LogP contribution is 2.28. The van der Waals surface area contributed by atoms with Gasteiger partial charge in [0.05, 0.1) is 19.9 Å². The second-order valence-electron chi connectivity index (χ2n) is 6.36. The highest BCUT2D eigenvalue weighted by atomic mass is 16.5. The van der Waals surface area contributed by atoms with Crippen molar-refractivity contribution in [3.05, 3.63) is 35.2 Å². The molecule has 1 atom stereocenters. The standard InChI is InChI=1S/C19H24N2O4/c1-12-10-14(7-8-17(12)23-3)18-20-15(13(2)25-18)11-21-9-5-6-16(21)19(22)24-4/h7-8,10,16H,5-6,9,11H2,1-4H3/t16-/m0/s1. The van der Waals surface area contributed by atoms with E-state index in [1.807, 2.05) is 32.0 Å². The fourth-order valence-corrected chi connectivity index (χ4v) is 3.32. The predicted octanol–water partition coefficient (Wildman–Crippen LogP) is 3.10. The molecule has 2 heterocycles. The van der Waals surface area contributed by atoms with E-state index in [2.05, 4.69) is 9.88 Å². The Morgan fingerprint density at radius 1 is 1.36 bits per heavy atom. The van der Waals surface area contributed by atoms with Gasteiger partial charge >= 0.3 is 5.97 Å². The molecule has 1 aliphatic heterocycles. The van der Waals surface area contributed by atoms with Crippen LogP contribution in [-0.2, 0) is 16.1 Å². The number of hydrogen-bond acceptors (Lipinski definition) is 6. The molecule has 1 aromatic carbocycles. The summed E-state index contributed by atoms with van der Waals surface area (Å²) in [6.45, 7) is 5.35. The number of carbonyl (C=O) groups excluding carboxylic acids is 1. The number of esters is 1. The van der Waals surface area contributed by atoms with E-state index in [1.165, 1.54) is 7.11 Å². The Morgan fingerprint density at radius 2 is 2.16 bits per heavy atom. The van der Waals surface area contributed by atoms with E-state index in [0.29, 0.717) is 12.4 Å². The first-order valence-corrected chi connectivity index (χ1v) is 8.46. The summed E-state index contributed by atoms with van der Waals surface area (Å²) in [4.78, 5) is 18.7. The largest absolute Gasteiger partial charge is 0.496 e. The van der Waals surface area contributed by atoms with Gasteiger partial charge in [0.2, 0.25) is 5.89 Å². The van der Waals surface area contributed by atoms with Gasteiger partial charge in [0.25, 0.3) is 0 Å². The van der Waals surface area contributed by atoms with Crippen LogP contribution in [0.5, 0.6) is 5.75 Å². The third-order valence-corrected chi connectivity index (χ3v) is 4.72. The van der Waals surface area contributed by atoms with Crippen molar-refractivity contribution in [3.63, 3.8) is 0 Å². The van der Waals surface area contributed by atoms with Gasteiger partial charge in [-0.25, -0.2) is 4.98 Å². The third-order valence-electron chi connectivity index (χ3n) is 4.72. The molecule has 0 spiro atoms. The molecule has 2 aromatic rings. The van der Waals surface area contributed by atoms with Crippen molar-refractivity contribution in [2.45, 2.75) is 39.3 Å². The second kappa shape index (κ2) is 7.27. The summed E-state index contributed by atoms with van der Waals surface area (Å²) in [7, 11) is 3.09. The van der Waals surface area contributed by atoms with Crippen LogP contribution >= 0.6 is 0 Å².